The zero-order chi connectivity index (χ0) is 21.7. The number of morpholine rings is 1. The molecule has 0 atom stereocenters. The molecule has 1 aliphatic rings. The molecule has 0 aliphatic carbocycles. The molecule has 4 N–H and O–H groups in total. The van der Waals surface area contributed by atoms with Crippen LogP contribution in [0.5, 0.6) is 0 Å². The van der Waals surface area contributed by atoms with E-state index in [9.17, 15) is 18.0 Å². The molecule has 30 heavy (non-hydrogen) atoms. The second kappa shape index (κ2) is 9.35. The summed E-state index contributed by atoms with van der Waals surface area (Å²) in [6.07, 6.45) is 0. The van der Waals surface area contributed by atoms with Gasteiger partial charge in [0, 0.05) is 30.0 Å². The van der Waals surface area contributed by atoms with Gasteiger partial charge in [0.25, 0.3) is 5.91 Å². The van der Waals surface area contributed by atoms with Gasteiger partial charge in [0.1, 0.15) is 0 Å². The van der Waals surface area contributed by atoms with Crippen molar-refractivity contribution >= 4 is 33.2 Å². The molecule has 0 radical (unpaired) electrons. The van der Waals surface area contributed by atoms with Crippen LogP contribution >= 0.6 is 0 Å². The summed E-state index contributed by atoms with van der Waals surface area (Å²) in [5.74, 6) is -0.578. The number of anilines is 2. The van der Waals surface area contributed by atoms with Crippen molar-refractivity contribution in [3.05, 3.63) is 53.6 Å². The summed E-state index contributed by atoms with van der Waals surface area (Å²) < 4.78 is 28.3. The number of hydrogen-bond acceptors (Lipinski definition) is 6. The highest BCUT2D eigenvalue weighted by molar-refractivity contribution is 7.89. The number of hydrogen-bond donors (Lipinski definition) is 3. The molecule has 0 unspecified atom stereocenters. The second-order valence-electron chi connectivity index (χ2n) is 6.99. The first-order valence-corrected chi connectivity index (χ1v) is 10.9. The number of aryl methyl sites for hydroxylation is 1. The van der Waals surface area contributed by atoms with Gasteiger partial charge >= 0.3 is 0 Å². The molecule has 0 spiro atoms. The van der Waals surface area contributed by atoms with E-state index in [0.29, 0.717) is 36.7 Å². The predicted molar refractivity (Wildman–Crippen MR) is 113 cm³/mol. The van der Waals surface area contributed by atoms with Crippen molar-refractivity contribution in [1.82, 2.24) is 4.90 Å². The average molecular weight is 433 g/mol. The van der Waals surface area contributed by atoms with Crippen molar-refractivity contribution in [3.8, 4) is 0 Å². The third-order valence-corrected chi connectivity index (χ3v) is 5.59. The number of rotatable bonds is 6. The molecule has 2 aromatic carbocycles. The molecular formula is C20H24N4O5S. The topological polar surface area (TPSA) is 131 Å². The first-order chi connectivity index (χ1) is 14.2. The van der Waals surface area contributed by atoms with Crippen LogP contribution in [0.15, 0.2) is 47.4 Å². The lowest BCUT2D eigenvalue weighted by atomic mass is 10.1. The van der Waals surface area contributed by atoms with Crippen molar-refractivity contribution in [2.24, 2.45) is 5.14 Å². The van der Waals surface area contributed by atoms with E-state index in [1.165, 1.54) is 18.2 Å². The van der Waals surface area contributed by atoms with E-state index in [2.05, 4.69) is 10.6 Å². The third kappa shape index (κ3) is 5.86. The van der Waals surface area contributed by atoms with Crippen molar-refractivity contribution in [2.75, 3.05) is 43.5 Å². The number of carbonyl (C=O) groups is 2. The normalized spacial score (nSPS) is 14.9. The number of ether oxygens (including phenoxy) is 1. The van der Waals surface area contributed by atoms with Crippen LogP contribution in [0.2, 0.25) is 0 Å². The predicted octanol–water partition coefficient (Wildman–Crippen LogP) is 1.17. The van der Waals surface area contributed by atoms with Gasteiger partial charge in [-0.05, 0) is 48.9 Å². The molecule has 0 bridgehead atoms. The highest BCUT2D eigenvalue weighted by atomic mass is 32.2. The summed E-state index contributed by atoms with van der Waals surface area (Å²) in [5, 5.41) is 10.7. The van der Waals surface area contributed by atoms with E-state index in [4.69, 9.17) is 9.88 Å². The largest absolute Gasteiger partial charge is 0.379 e. The van der Waals surface area contributed by atoms with Gasteiger partial charge in [-0.3, -0.25) is 14.5 Å². The Hall–Kier alpha value is -2.79. The van der Waals surface area contributed by atoms with Gasteiger partial charge in [-0.2, -0.15) is 0 Å². The fourth-order valence-electron chi connectivity index (χ4n) is 3.02. The average Bonchev–Trinajstić information content (AvgIpc) is 2.69. The molecular weight excluding hydrogens is 408 g/mol. The minimum atomic E-state index is -3.91. The number of primary sulfonamides is 1. The smallest absolute Gasteiger partial charge is 0.255 e. The van der Waals surface area contributed by atoms with Crippen molar-refractivity contribution in [3.63, 3.8) is 0 Å². The number of nitrogens with zero attached hydrogens (tertiary/aromatic N) is 1. The number of carbonyl (C=O) groups excluding carboxylic acids is 2. The molecule has 1 fully saturated rings. The van der Waals surface area contributed by atoms with E-state index in [1.54, 1.807) is 31.2 Å². The Morgan fingerprint density at radius 3 is 2.23 bits per heavy atom. The Bertz CT molecular complexity index is 1030. The highest BCUT2D eigenvalue weighted by Gasteiger charge is 2.16. The maximum atomic E-state index is 12.6. The molecule has 0 aromatic heterocycles. The van der Waals surface area contributed by atoms with Crippen LogP contribution in [0.4, 0.5) is 11.4 Å². The molecule has 1 saturated heterocycles. The summed E-state index contributed by atoms with van der Waals surface area (Å²) >= 11 is 0. The number of nitrogens with two attached hydrogens (primary N) is 1. The Morgan fingerprint density at radius 1 is 1.03 bits per heavy atom. The van der Waals surface area contributed by atoms with Crippen LogP contribution in [0.3, 0.4) is 0 Å². The lowest BCUT2D eigenvalue weighted by molar-refractivity contribution is -0.118. The van der Waals surface area contributed by atoms with Gasteiger partial charge in [0.2, 0.25) is 15.9 Å². The fraction of sp³-hybridized carbons (Fsp3) is 0.300. The van der Waals surface area contributed by atoms with Gasteiger partial charge in [-0.15, -0.1) is 0 Å². The number of nitrogens with one attached hydrogen (secondary N) is 2. The van der Waals surface area contributed by atoms with Crippen LogP contribution in [0.25, 0.3) is 0 Å². The Morgan fingerprint density at radius 2 is 1.63 bits per heavy atom. The molecule has 9 nitrogen and oxygen atoms in total. The maximum Gasteiger partial charge on any atom is 0.255 e. The summed E-state index contributed by atoms with van der Waals surface area (Å²) in [4.78, 5) is 26.6. The summed E-state index contributed by atoms with van der Waals surface area (Å²) in [5.41, 5.74) is 1.95. The molecule has 2 amide bonds. The fourth-order valence-corrected chi connectivity index (χ4v) is 3.56. The van der Waals surface area contributed by atoms with Gasteiger partial charge in [-0.25, -0.2) is 13.6 Å². The van der Waals surface area contributed by atoms with Gasteiger partial charge in [-0.1, -0.05) is 6.07 Å². The molecule has 1 aliphatic heterocycles. The van der Waals surface area contributed by atoms with Crippen LogP contribution in [-0.4, -0.2) is 58.0 Å². The second-order valence-corrected chi connectivity index (χ2v) is 8.55. The Balaban J connectivity index is 1.61. The Kier molecular flexibility index (Phi) is 6.83. The first-order valence-electron chi connectivity index (χ1n) is 9.37. The van der Waals surface area contributed by atoms with E-state index >= 15 is 0 Å². The molecule has 0 saturated carbocycles. The van der Waals surface area contributed by atoms with E-state index in [1.807, 2.05) is 4.90 Å². The summed E-state index contributed by atoms with van der Waals surface area (Å²) in [6, 6.07) is 10.8. The minimum Gasteiger partial charge on any atom is -0.379 e. The van der Waals surface area contributed by atoms with E-state index < -0.39 is 15.9 Å². The number of benzene rings is 2. The van der Waals surface area contributed by atoms with Crippen molar-refractivity contribution in [1.29, 1.82) is 0 Å². The van der Waals surface area contributed by atoms with E-state index in [0.717, 1.165) is 13.1 Å². The lowest BCUT2D eigenvalue weighted by Gasteiger charge is -2.25. The van der Waals surface area contributed by atoms with Crippen LogP contribution in [0.1, 0.15) is 15.9 Å². The molecule has 10 heteroatoms. The lowest BCUT2D eigenvalue weighted by Crippen LogP contribution is -2.41. The van der Waals surface area contributed by atoms with Crippen LogP contribution < -0.4 is 15.8 Å². The quantitative estimate of drug-likeness (QED) is 0.628. The number of sulfonamides is 1. The first kappa shape index (κ1) is 21.9. The van der Waals surface area contributed by atoms with Crippen LogP contribution in [-0.2, 0) is 19.6 Å². The van der Waals surface area contributed by atoms with Crippen molar-refractivity contribution < 1.29 is 22.7 Å². The maximum absolute atomic E-state index is 12.6. The molecule has 1 heterocycles. The van der Waals surface area contributed by atoms with Crippen LogP contribution in [0, 0.1) is 6.92 Å². The van der Waals surface area contributed by atoms with Gasteiger partial charge in [0.15, 0.2) is 0 Å². The SMILES string of the molecule is Cc1ccc(S(N)(=O)=O)cc1C(=O)Nc1ccc(NC(=O)CN2CCOCC2)cc1. The monoisotopic (exact) mass is 432 g/mol. The van der Waals surface area contributed by atoms with Crippen molar-refractivity contribution in [2.45, 2.75) is 11.8 Å². The zero-order valence-electron chi connectivity index (χ0n) is 16.6. The molecule has 160 valence electrons. The minimum absolute atomic E-state index is 0.121. The standard InChI is InChI=1S/C20H24N4O5S/c1-14-2-7-17(30(21,27)28)12-18(14)20(26)23-16-5-3-15(4-6-16)22-19(25)13-24-8-10-29-11-9-24/h2-7,12H,8-11,13H2,1H3,(H,22,25)(H,23,26)(H2,21,27,28). The Labute approximate surface area is 175 Å². The molecule has 2 aromatic rings. The number of amides is 2. The summed E-state index contributed by atoms with van der Waals surface area (Å²) in [6.45, 7) is 4.70. The van der Waals surface area contributed by atoms with Gasteiger partial charge in [0.05, 0.1) is 24.7 Å². The zero-order valence-corrected chi connectivity index (χ0v) is 17.4. The van der Waals surface area contributed by atoms with E-state index in [-0.39, 0.29) is 16.4 Å². The molecule has 3 rings (SSSR count). The summed E-state index contributed by atoms with van der Waals surface area (Å²) in [7, 11) is -3.91. The highest BCUT2D eigenvalue weighted by Crippen LogP contribution is 2.18. The van der Waals surface area contributed by atoms with Gasteiger partial charge < -0.3 is 15.4 Å². The third-order valence-electron chi connectivity index (χ3n) is 4.68.